The lowest BCUT2D eigenvalue weighted by molar-refractivity contribution is -0.274. The third-order valence-electron chi connectivity index (χ3n) is 10.0. The Morgan fingerprint density at radius 2 is 1.10 bits per heavy atom. The van der Waals surface area contributed by atoms with E-state index < -0.39 is 54.7 Å². The second-order valence-corrected chi connectivity index (χ2v) is 14.3. The van der Waals surface area contributed by atoms with Gasteiger partial charge in [0.15, 0.2) is 53.7 Å². The van der Waals surface area contributed by atoms with E-state index in [9.17, 15) is 19.5 Å². The molecular weight excluding hydrogens is 809 g/mol. The average molecular weight is 855 g/mol. The molecule has 6 aromatic rings. The zero-order chi connectivity index (χ0) is 44.0. The number of hydrogen-bond donors (Lipinski definition) is 1. The molecule has 1 N–H and O–H groups in total. The van der Waals surface area contributed by atoms with Crippen molar-refractivity contribution in [2.75, 3.05) is 27.4 Å². The number of carbonyl (C=O) groups is 3. The summed E-state index contributed by atoms with van der Waals surface area (Å²) >= 11 is 0. The molecule has 13 nitrogen and oxygen atoms in total. The summed E-state index contributed by atoms with van der Waals surface area (Å²) in [6, 6.07) is 46.2. The number of aliphatic hydroxyl groups is 1. The number of esters is 3. The van der Waals surface area contributed by atoms with E-state index in [0.29, 0.717) is 28.6 Å². The van der Waals surface area contributed by atoms with E-state index in [1.165, 1.54) is 14.2 Å². The molecule has 0 radical (unpaired) electrons. The lowest BCUT2D eigenvalue weighted by atomic mass is 10.0. The predicted molar refractivity (Wildman–Crippen MR) is 229 cm³/mol. The third-order valence-corrected chi connectivity index (χ3v) is 10.0. The molecule has 324 valence electrons. The molecule has 0 bridgehead atoms. The molecule has 63 heavy (non-hydrogen) atoms. The number of benzene rings is 6. The van der Waals surface area contributed by atoms with Gasteiger partial charge in [-0.3, -0.25) is 0 Å². The molecule has 13 heteroatoms. The van der Waals surface area contributed by atoms with E-state index in [1.807, 2.05) is 30.3 Å². The average Bonchev–Trinajstić information content (AvgIpc) is 3.34. The SMILES string of the molecule is COc1cc([C@H](O)[C@H](CO[C@@H]2OC[C@@H](OC(=O)c3ccccc3)[C@H](OC(=O)c3ccccc3)[C@H]2OC(=O)c2ccccc2)Oc2ccccc2OC)ccc1OCc1ccccc1. The molecule has 1 aliphatic rings. The highest BCUT2D eigenvalue weighted by Gasteiger charge is 2.49. The highest BCUT2D eigenvalue weighted by atomic mass is 16.7. The monoisotopic (exact) mass is 854 g/mol. The first-order valence-electron chi connectivity index (χ1n) is 20.1. The molecule has 0 amide bonds. The number of rotatable bonds is 18. The summed E-state index contributed by atoms with van der Waals surface area (Å²) in [6.07, 6.45) is -8.21. The van der Waals surface area contributed by atoms with E-state index in [-0.39, 0.29) is 36.5 Å². The van der Waals surface area contributed by atoms with E-state index in [2.05, 4.69) is 0 Å². The van der Waals surface area contributed by atoms with Gasteiger partial charge in [0.2, 0.25) is 0 Å². The molecular formula is C50H46O13. The zero-order valence-electron chi connectivity index (χ0n) is 34.5. The van der Waals surface area contributed by atoms with Gasteiger partial charge < -0.3 is 47.7 Å². The van der Waals surface area contributed by atoms with Gasteiger partial charge in [0.1, 0.15) is 12.7 Å². The number of hydrogen-bond acceptors (Lipinski definition) is 13. The minimum Gasteiger partial charge on any atom is -0.493 e. The first-order chi connectivity index (χ1) is 30.8. The summed E-state index contributed by atoms with van der Waals surface area (Å²) in [7, 11) is 2.98. The molecule has 0 unspecified atom stereocenters. The Balaban J connectivity index is 1.20. The quantitative estimate of drug-likeness (QED) is 0.0661. The van der Waals surface area contributed by atoms with Crippen LogP contribution >= 0.6 is 0 Å². The first kappa shape index (κ1) is 43.9. The first-order valence-corrected chi connectivity index (χ1v) is 20.1. The lowest BCUT2D eigenvalue weighted by Gasteiger charge is -2.41. The van der Waals surface area contributed by atoms with Gasteiger partial charge in [0, 0.05) is 0 Å². The van der Waals surface area contributed by atoms with Crippen molar-refractivity contribution in [2.24, 2.45) is 0 Å². The van der Waals surface area contributed by atoms with Crippen molar-refractivity contribution < 1.29 is 62.1 Å². The van der Waals surface area contributed by atoms with Gasteiger partial charge in [0.25, 0.3) is 0 Å². The normalized spacial score (nSPS) is 17.9. The molecule has 0 aromatic heterocycles. The van der Waals surface area contributed by atoms with Crippen molar-refractivity contribution in [2.45, 2.75) is 43.4 Å². The highest BCUT2D eigenvalue weighted by molar-refractivity contribution is 5.91. The Hall–Kier alpha value is -7.19. The van der Waals surface area contributed by atoms with E-state index in [1.54, 1.807) is 133 Å². The lowest BCUT2D eigenvalue weighted by Crippen LogP contribution is -2.58. The number of carbonyl (C=O) groups excluding carboxylic acids is 3. The van der Waals surface area contributed by atoms with Crippen LogP contribution in [-0.4, -0.2) is 81.2 Å². The standard InChI is InChI=1S/C50H46O13/c1-55-38-25-15-16-26-40(38)60-42(44(51)37-27-28-39(41(29-37)56-2)57-30-33-17-7-3-8-18-33)31-58-50-46(63-49(54)36-23-13-6-14-24-36)45(62-48(53)35-21-11-5-12-22-35)43(32-59-50)61-47(52)34-19-9-4-10-20-34/h3-29,42-46,50-51H,30-32H2,1-2H3/t42-,43+,44-,45-,46+,50+/m0/s1. The number of para-hydroxylation sites is 2. The van der Waals surface area contributed by atoms with E-state index in [4.69, 9.17) is 42.6 Å². The number of methoxy groups -OCH3 is 2. The Kier molecular flexibility index (Phi) is 15.0. The van der Waals surface area contributed by atoms with Gasteiger partial charge in [-0.15, -0.1) is 0 Å². The van der Waals surface area contributed by atoms with Crippen LogP contribution in [0.1, 0.15) is 48.3 Å². The maximum atomic E-state index is 13.8. The van der Waals surface area contributed by atoms with Crippen molar-refractivity contribution in [3.8, 4) is 23.0 Å². The van der Waals surface area contributed by atoms with E-state index >= 15 is 0 Å². The minimum absolute atomic E-state index is 0.186. The van der Waals surface area contributed by atoms with E-state index in [0.717, 1.165) is 5.56 Å². The summed E-state index contributed by atoms with van der Waals surface area (Å²) in [5, 5.41) is 12.1. The maximum absolute atomic E-state index is 13.8. The molecule has 0 saturated carbocycles. The van der Waals surface area contributed by atoms with Crippen LogP contribution in [0.4, 0.5) is 0 Å². The Morgan fingerprint density at radius 1 is 0.587 bits per heavy atom. The smallest absolute Gasteiger partial charge is 0.338 e. The summed E-state index contributed by atoms with van der Waals surface area (Å²) in [5.74, 6) is -0.802. The van der Waals surface area contributed by atoms with Gasteiger partial charge in [-0.05, 0) is 71.8 Å². The van der Waals surface area contributed by atoms with Gasteiger partial charge in [-0.25, -0.2) is 14.4 Å². The van der Waals surface area contributed by atoms with Crippen LogP contribution in [0, 0.1) is 0 Å². The molecule has 0 spiro atoms. The molecule has 6 aromatic carbocycles. The number of aliphatic hydroxyl groups excluding tert-OH is 1. The number of ether oxygens (including phenoxy) is 9. The fraction of sp³-hybridized carbons (Fsp3) is 0.220. The topological polar surface area (TPSA) is 155 Å². The largest absolute Gasteiger partial charge is 0.493 e. The summed E-state index contributed by atoms with van der Waals surface area (Å²) in [4.78, 5) is 40.9. The highest BCUT2D eigenvalue weighted by Crippen LogP contribution is 2.36. The molecule has 1 saturated heterocycles. The van der Waals surface area contributed by atoms with Crippen molar-refractivity contribution in [3.05, 3.63) is 192 Å². The Morgan fingerprint density at radius 3 is 1.67 bits per heavy atom. The molecule has 1 fully saturated rings. The second kappa shape index (κ2) is 21.6. The van der Waals surface area contributed by atoms with Crippen LogP contribution in [0.2, 0.25) is 0 Å². The van der Waals surface area contributed by atoms with Crippen molar-refractivity contribution in [1.29, 1.82) is 0 Å². The van der Waals surface area contributed by atoms with Gasteiger partial charge in [0.05, 0.1) is 44.1 Å². The zero-order valence-corrected chi connectivity index (χ0v) is 34.5. The molecule has 0 aliphatic carbocycles. The van der Waals surface area contributed by atoms with Crippen LogP contribution in [0.3, 0.4) is 0 Å². The molecule has 6 atom stereocenters. The van der Waals surface area contributed by atoms with Crippen LogP contribution in [0.15, 0.2) is 164 Å². The minimum atomic E-state index is -1.52. The summed E-state index contributed by atoms with van der Waals surface area (Å²) in [6.45, 7) is -0.429. The molecule has 7 rings (SSSR count). The van der Waals surface area contributed by atoms with Crippen molar-refractivity contribution >= 4 is 17.9 Å². The maximum Gasteiger partial charge on any atom is 0.338 e. The van der Waals surface area contributed by atoms with Crippen molar-refractivity contribution in [3.63, 3.8) is 0 Å². The van der Waals surface area contributed by atoms with Crippen LogP contribution < -0.4 is 18.9 Å². The fourth-order valence-electron chi connectivity index (χ4n) is 6.76. The van der Waals surface area contributed by atoms with Crippen molar-refractivity contribution in [1.82, 2.24) is 0 Å². The second-order valence-electron chi connectivity index (χ2n) is 14.3. The molecule has 1 heterocycles. The Bertz CT molecular complexity index is 2400. The fourth-order valence-corrected chi connectivity index (χ4v) is 6.76. The predicted octanol–water partition coefficient (Wildman–Crippen LogP) is 7.81. The van der Waals surface area contributed by atoms with Gasteiger partial charge in [-0.2, -0.15) is 0 Å². The molecule has 1 aliphatic heterocycles. The summed E-state index contributed by atoms with van der Waals surface area (Å²) < 4.78 is 54.3. The van der Waals surface area contributed by atoms with Crippen LogP contribution in [0.25, 0.3) is 0 Å². The van der Waals surface area contributed by atoms with Gasteiger partial charge >= 0.3 is 17.9 Å². The third kappa shape index (κ3) is 11.4. The van der Waals surface area contributed by atoms with Gasteiger partial charge in [-0.1, -0.05) is 103 Å². The Labute approximate surface area is 364 Å². The van der Waals surface area contributed by atoms with Crippen LogP contribution in [0.5, 0.6) is 23.0 Å². The van der Waals surface area contributed by atoms with Crippen LogP contribution in [-0.2, 0) is 30.3 Å². The summed E-state index contributed by atoms with van der Waals surface area (Å²) in [5.41, 5.74) is 1.97.